The van der Waals surface area contributed by atoms with Crippen molar-refractivity contribution in [1.29, 1.82) is 0 Å². The number of nitro groups is 2. The maximum atomic E-state index is 11.2. The molecule has 0 aliphatic heterocycles. The summed E-state index contributed by atoms with van der Waals surface area (Å²) in [7, 11) is 0. The van der Waals surface area contributed by atoms with E-state index in [4.69, 9.17) is 11.6 Å². The molecule has 0 unspecified atom stereocenters. The third-order valence-corrected chi connectivity index (χ3v) is 8.71. The number of hydrogen-bond acceptors (Lipinski definition) is 13. The molecule has 6 aromatic heterocycles. The number of fused-ring (bicyclic) bond motifs is 2. The Hall–Kier alpha value is -5.51. The molecule has 7 aromatic rings. The molecule has 1 N–H and O–H groups in total. The molecule has 0 atom stereocenters. The average Bonchev–Trinajstić information content (AvgIpc) is 3.72. The molecule has 0 saturated heterocycles. The number of pyridine rings is 2. The van der Waals surface area contributed by atoms with Crippen LogP contribution in [-0.4, -0.2) is 46.3 Å². The zero-order chi connectivity index (χ0) is 32.0. The van der Waals surface area contributed by atoms with Crippen molar-refractivity contribution in [3.63, 3.8) is 0 Å². The van der Waals surface area contributed by atoms with Crippen LogP contribution in [0.4, 0.5) is 15.8 Å². The molecule has 13 nitrogen and oxygen atoms in total. The predicted octanol–water partition coefficient (Wildman–Crippen LogP) is 7.63. The van der Waals surface area contributed by atoms with Crippen LogP contribution >= 0.6 is 34.3 Å². The Labute approximate surface area is 273 Å². The first kappa shape index (κ1) is 30.5. The van der Waals surface area contributed by atoms with Gasteiger partial charge in [-0.05, 0) is 58.9 Å². The van der Waals surface area contributed by atoms with E-state index in [1.807, 2.05) is 30.3 Å². The lowest BCUT2D eigenvalue weighted by Gasteiger charge is -2.09. The van der Waals surface area contributed by atoms with Gasteiger partial charge in [0.05, 0.1) is 20.6 Å². The van der Waals surface area contributed by atoms with Crippen molar-refractivity contribution in [2.24, 2.45) is 0 Å². The van der Waals surface area contributed by atoms with Gasteiger partial charge in [0, 0.05) is 54.6 Å². The summed E-state index contributed by atoms with van der Waals surface area (Å²) in [5, 5.41) is 26.6. The molecule has 0 fully saturated rings. The molecule has 0 spiro atoms. The number of thiophene rings is 2. The predicted molar refractivity (Wildman–Crippen MR) is 178 cm³/mol. The number of rotatable bonds is 8. The van der Waals surface area contributed by atoms with Gasteiger partial charge >= 0.3 is 10.0 Å². The second-order valence-electron chi connectivity index (χ2n) is 9.50. The number of nitrogens with one attached hydrogen (secondary N) is 1. The fraction of sp³-hybridized carbons (Fsp3) is 0.0667. The Balaban J connectivity index is 0.000000172. The van der Waals surface area contributed by atoms with Gasteiger partial charge in [0.1, 0.15) is 20.6 Å². The van der Waals surface area contributed by atoms with Gasteiger partial charge in [-0.3, -0.25) is 30.2 Å². The van der Waals surface area contributed by atoms with Crippen LogP contribution in [0, 0.1) is 20.2 Å². The topological polar surface area (TPSA) is 176 Å². The van der Waals surface area contributed by atoms with Gasteiger partial charge < -0.3 is 5.32 Å². The van der Waals surface area contributed by atoms with Crippen LogP contribution in [0.3, 0.4) is 0 Å². The zero-order valence-electron chi connectivity index (χ0n) is 23.5. The Morgan fingerprint density at radius 1 is 0.717 bits per heavy atom. The standard InChI is InChI=1S/C19H15N5O2S.C11H5ClN4O2S/c25-24(26)16-11-15-18(21-10-8-13-5-2-1-3-6-13)22-17(23-19(15)27-16)14-7-4-9-20-12-14;12-9-7-4-8(16(17)18)19-11(7)15-10(14-9)6-2-1-3-13-5-6/h1-7,9,11-12H,8,10H2,(H,21,22,23);1-5H. The van der Waals surface area contributed by atoms with E-state index in [0.29, 0.717) is 50.0 Å². The number of anilines is 1. The van der Waals surface area contributed by atoms with Crippen LogP contribution in [0.5, 0.6) is 0 Å². The van der Waals surface area contributed by atoms with Gasteiger partial charge in [-0.2, -0.15) is 0 Å². The normalized spacial score (nSPS) is 10.8. The van der Waals surface area contributed by atoms with Crippen LogP contribution in [0.25, 0.3) is 43.2 Å². The van der Waals surface area contributed by atoms with Crippen molar-refractivity contribution in [3.8, 4) is 22.8 Å². The van der Waals surface area contributed by atoms with Gasteiger partial charge in [-0.25, -0.2) is 19.9 Å². The van der Waals surface area contributed by atoms with Crippen molar-refractivity contribution in [3.05, 3.63) is 122 Å². The number of hydrogen-bond donors (Lipinski definition) is 1. The Kier molecular flexibility index (Phi) is 9.05. The van der Waals surface area contributed by atoms with Crippen LogP contribution in [-0.2, 0) is 6.42 Å². The molecule has 0 radical (unpaired) electrons. The van der Waals surface area contributed by atoms with E-state index >= 15 is 0 Å². The number of nitrogens with zero attached hydrogens (tertiary/aromatic N) is 8. The minimum absolute atomic E-state index is 0.00506. The summed E-state index contributed by atoms with van der Waals surface area (Å²) in [5.41, 5.74) is 2.68. The Bertz CT molecular complexity index is 2170. The molecule has 46 heavy (non-hydrogen) atoms. The van der Waals surface area contributed by atoms with Crippen LogP contribution in [0.1, 0.15) is 5.56 Å². The molecule has 228 valence electrons. The summed E-state index contributed by atoms with van der Waals surface area (Å²) >= 11 is 8.06. The van der Waals surface area contributed by atoms with Crippen molar-refractivity contribution in [1.82, 2.24) is 29.9 Å². The highest BCUT2D eigenvalue weighted by Gasteiger charge is 2.19. The molecular formula is C30H20ClN9O4S2. The van der Waals surface area contributed by atoms with E-state index in [1.165, 1.54) is 17.7 Å². The summed E-state index contributed by atoms with van der Waals surface area (Å²) in [6.45, 7) is 0.659. The third kappa shape index (κ3) is 6.91. The molecule has 0 saturated carbocycles. The van der Waals surface area contributed by atoms with Crippen molar-refractivity contribution in [2.75, 3.05) is 11.9 Å². The third-order valence-electron chi connectivity index (χ3n) is 6.46. The Morgan fingerprint density at radius 2 is 1.28 bits per heavy atom. The molecule has 0 aliphatic rings. The summed E-state index contributed by atoms with van der Waals surface area (Å²) in [4.78, 5) is 47.7. The van der Waals surface area contributed by atoms with Crippen molar-refractivity contribution < 1.29 is 9.85 Å². The summed E-state index contributed by atoms with van der Waals surface area (Å²) in [6, 6.07) is 20.2. The molecule has 6 heterocycles. The fourth-order valence-corrected chi connectivity index (χ4v) is 6.29. The van der Waals surface area contributed by atoms with Crippen molar-refractivity contribution >= 4 is 70.5 Å². The van der Waals surface area contributed by atoms with E-state index in [0.717, 1.165) is 34.7 Å². The molecule has 0 bridgehead atoms. The number of halogens is 1. The second-order valence-corrected chi connectivity index (χ2v) is 11.9. The van der Waals surface area contributed by atoms with E-state index in [-0.39, 0.29) is 15.2 Å². The highest BCUT2D eigenvalue weighted by molar-refractivity contribution is 7.22. The van der Waals surface area contributed by atoms with Gasteiger partial charge in [-0.1, -0.05) is 41.9 Å². The Morgan fingerprint density at radius 3 is 1.85 bits per heavy atom. The molecular weight excluding hydrogens is 650 g/mol. The lowest BCUT2D eigenvalue weighted by molar-refractivity contribution is -0.380. The maximum absolute atomic E-state index is 11.2. The SMILES string of the molecule is O=[N+]([O-])c1cc2c(Cl)nc(-c3cccnc3)nc2s1.O=[N+]([O-])c1cc2c(NCCc3ccccc3)nc(-c3cccnc3)nc2s1. The highest BCUT2D eigenvalue weighted by Crippen LogP contribution is 2.36. The van der Waals surface area contributed by atoms with Crippen LogP contribution in [0.2, 0.25) is 5.15 Å². The van der Waals surface area contributed by atoms with E-state index < -0.39 is 9.85 Å². The van der Waals surface area contributed by atoms with Crippen LogP contribution in [0.15, 0.2) is 91.5 Å². The van der Waals surface area contributed by atoms with Gasteiger partial charge in [0.15, 0.2) is 11.6 Å². The number of aromatic nitrogens is 6. The average molecular weight is 670 g/mol. The molecule has 0 amide bonds. The summed E-state index contributed by atoms with van der Waals surface area (Å²) in [6.07, 6.45) is 7.42. The first-order valence-electron chi connectivity index (χ1n) is 13.5. The quantitative estimate of drug-likeness (QED) is 0.0956. The highest BCUT2D eigenvalue weighted by atomic mass is 35.5. The van der Waals surface area contributed by atoms with Gasteiger partial charge in [0.25, 0.3) is 0 Å². The monoisotopic (exact) mass is 669 g/mol. The minimum atomic E-state index is -0.466. The maximum Gasteiger partial charge on any atom is 0.326 e. The summed E-state index contributed by atoms with van der Waals surface area (Å²) < 4.78 is 0. The minimum Gasteiger partial charge on any atom is -0.369 e. The molecule has 1 aromatic carbocycles. The van der Waals surface area contributed by atoms with Crippen LogP contribution < -0.4 is 5.32 Å². The fourth-order valence-electron chi connectivity index (χ4n) is 4.32. The zero-order valence-corrected chi connectivity index (χ0v) is 25.9. The van der Waals surface area contributed by atoms with Gasteiger partial charge in [0.2, 0.25) is 0 Å². The van der Waals surface area contributed by atoms with Crippen molar-refractivity contribution in [2.45, 2.75) is 6.42 Å². The molecule has 0 aliphatic carbocycles. The van der Waals surface area contributed by atoms with Gasteiger partial charge in [-0.15, -0.1) is 0 Å². The lowest BCUT2D eigenvalue weighted by Crippen LogP contribution is -2.07. The summed E-state index contributed by atoms with van der Waals surface area (Å²) in [5.74, 6) is 1.50. The first-order chi connectivity index (χ1) is 22.4. The molecule has 16 heteroatoms. The lowest BCUT2D eigenvalue weighted by atomic mass is 10.1. The van der Waals surface area contributed by atoms with E-state index in [9.17, 15) is 20.2 Å². The molecule has 7 rings (SSSR count). The smallest absolute Gasteiger partial charge is 0.326 e. The van der Waals surface area contributed by atoms with E-state index in [2.05, 4.69) is 47.4 Å². The number of benzene rings is 1. The largest absolute Gasteiger partial charge is 0.369 e. The first-order valence-corrected chi connectivity index (χ1v) is 15.5. The second kappa shape index (κ2) is 13.6. The van der Waals surface area contributed by atoms with E-state index in [1.54, 1.807) is 36.9 Å².